The SMILES string of the molecule is CCCCC(C)CC(C)CC1(C)CCC(COC(=O)C2CCC(C)CC2C(=O)OCC2CCC(C)(CC(C)CC(C)CCCC)C(C)C2)CC1C. The van der Waals surface area contributed by atoms with Crippen LogP contribution in [0, 0.1) is 75.9 Å². The fraction of sp³-hybridized carbons (Fsp3) is 0.957. The normalized spacial score (nSPS) is 35.4. The molecule has 0 aliphatic heterocycles. The van der Waals surface area contributed by atoms with Gasteiger partial charge >= 0.3 is 11.9 Å². The van der Waals surface area contributed by atoms with Gasteiger partial charge in [0.2, 0.25) is 0 Å². The summed E-state index contributed by atoms with van der Waals surface area (Å²) < 4.78 is 12.2. The molecule has 0 spiro atoms. The van der Waals surface area contributed by atoms with Gasteiger partial charge in [0.05, 0.1) is 25.0 Å². The van der Waals surface area contributed by atoms with Crippen molar-refractivity contribution >= 4 is 11.9 Å². The summed E-state index contributed by atoms with van der Waals surface area (Å²) in [5.41, 5.74) is 0.746. The zero-order valence-corrected chi connectivity index (χ0v) is 35.8. The second-order valence-electron chi connectivity index (χ2n) is 20.4. The van der Waals surface area contributed by atoms with Gasteiger partial charge in [0.25, 0.3) is 0 Å². The van der Waals surface area contributed by atoms with E-state index in [0.29, 0.717) is 53.6 Å². The lowest BCUT2D eigenvalue weighted by molar-refractivity contribution is -0.166. The Hall–Kier alpha value is -1.06. The molecule has 0 aromatic heterocycles. The van der Waals surface area contributed by atoms with E-state index in [-0.39, 0.29) is 23.8 Å². The molecule has 0 aromatic carbocycles. The molecule has 0 N–H and O–H groups in total. The van der Waals surface area contributed by atoms with Gasteiger partial charge in [0, 0.05) is 0 Å². The van der Waals surface area contributed by atoms with Gasteiger partial charge in [-0.15, -0.1) is 0 Å². The van der Waals surface area contributed by atoms with Crippen molar-refractivity contribution in [1.29, 1.82) is 0 Å². The molecule has 4 heteroatoms. The Morgan fingerprint density at radius 3 is 1.45 bits per heavy atom. The minimum atomic E-state index is -0.363. The molecule has 0 heterocycles. The molecule has 0 bridgehead atoms. The van der Waals surface area contributed by atoms with Crippen molar-refractivity contribution in [2.24, 2.45) is 75.9 Å². The van der Waals surface area contributed by atoms with Crippen molar-refractivity contribution in [2.75, 3.05) is 13.2 Å². The van der Waals surface area contributed by atoms with Crippen LogP contribution in [0.15, 0.2) is 0 Å². The first-order valence-corrected chi connectivity index (χ1v) is 22.4. The van der Waals surface area contributed by atoms with Gasteiger partial charge in [0.15, 0.2) is 0 Å². The Bertz CT molecular complexity index is 1020. The first kappa shape index (κ1) is 44.3. The van der Waals surface area contributed by atoms with Crippen molar-refractivity contribution in [3.05, 3.63) is 0 Å². The van der Waals surface area contributed by atoms with Crippen LogP contribution in [0.4, 0.5) is 0 Å². The van der Waals surface area contributed by atoms with Gasteiger partial charge in [0.1, 0.15) is 0 Å². The molecule has 13 atom stereocenters. The molecule has 0 amide bonds. The van der Waals surface area contributed by atoms with Crippen LogP contribution in [0.1, 0.15) is 198 Å². The maximum absolute atomic E-state index is 13.6. The summed E-state index contributed by atoms with van der Waals surface area (Å²) in [6, 6.07) is 0. The van der Waals surface area contributed by atoms with Gasteiger partial charge in [-0.25, -0.2) is 0 Å². The van der Waals surface area contributed by atoms with E-state index in [1.165, 1.54) is 77.0 Å². The molecule has 3 aliphatic carbocycles. The maximum Gasteiger partial charge on any atom is 0.309 e. The maximum atomic E-state index is 13.6. The van der Waals surface area contributed by atoms with E-state index >= 15 is 0 Å². The van der Waals surface area contributed by atoms with Gasteiger partial charge in [-0.3, -0.25) is 9.59 Å². The largest absolute Gasteiger partial charge is 0.465 e. The lowest BCUT2D eigenvalue weighted by Crippen LogP contribution is -2.40. The highest BCUT2D eigenvalue weighted by molar-refractivity contribution is 5.82. The van der Waals surface area contributed by atoms with E-state index in [1.54, 1.807) is 0 Å². The van der Waals surface area contributed by atoms with Gasteiger partial charge in [-0.05, 0) is 148 Å². The summed E-state index contributed by atoms with van der Waals surface area (Å²) in [5.74, 6) is 4.67. The summed E-state index contributed by atoms with van der Waals surface area (Å²) >= 11 is 0. The van der Waals surface area contributed by atoms with Crippen molar-refractivity contribution in [2.45, 2.75) is 198 Å². The molecule has 3 fully saturated rings. The standard InChI is InChI=1S/C47H86O4/c1-12-14-16-33(3)24-36(6)29-46(10)22-20-40(27-38(46)8)31-50-44(48)42-19-18-35(5)26-43(42)45(49)51-32-41-21-23-47(11,39(9)28-41)30-37(7)25-34(4)17-15-13-2/h33-43H,12-32H2,1-11H3. The number of rotatable bonds is 20. The monoisotopic (exact) mass is 715 g/mol. The molecule has 0 aromatic rings. The molecule has 298 valence electrons. The van der Waals surface area contributed by atoms with Crippen LogP contribution in [0.5, 0.6) is 0 Å². The molecular formula is C47H86O4. The minimum absolute atomic E-state index is 0.153. The third-order valence-electron chi connectivity index (χ3n) is 15.0. The second kappa shape index (κ2) is 21.1. The highest BCUT2D eigenvalue weighted by atomic mass is 16.5. The average molecular weight is 715 g/mol. The van der Waals surface area contributed by atoms with E-state index in [4.69, 9.17) is 9.47 Å². The zero-order chi connectivity index (χ0) is 37.8. The number of ether oxygens (including phenoxy) is 2. The van der Waals surface area contributed by atoms with Gasteiger partial charge in [-0.2, -0.15) is 0 Å². The predicted molar refractivity (Wildman–Crippen MR) is 215 cm³/mol. The zero-order valence-electron chi connectivity index (χ0n) is 35.8. The molecule has 4 nitrogen and oxygen atoms in total. The van der Waals surface area contributed by atoms with E-state index in [2.05, 4.69) is 76.2 Å². The van der Waals surface area contributed by atoms with Crippen LogP contribution in [-0.2, 0) is 19.1 Å². The molecular weight excluding hydrogens is 629 g/mol. The molecule has 3 saturated carbocycles. The van der Waals surface area contributed by atoms with Gasteiger partial charge < -0.3 is 9.47 Å². The van der Waals surface area contributed by atoms with Crippen LogP contribution in [0.3, 0.4) is 0 Å². The van der Waals surface area contributed by atoms with E-state index in [1.807, 2.05) is 0 Å². The summed E-state index contributed by atoms with van der Waals surface area (Å²) in [7, 11) is 0. The van der Waals surface area contributed by atoms with E-state index < -0.39 is 0 Å². The van der Waals surface area contributed by atoms with Crippen molar-refractivity contribution in [3.63, 3.8) is 0 Å². The van der Waals surface area contributed by atoms with E-state index in [0.717, 1.165) is 68.6 Å². The van der Waals surface area contributed by atoms with E-state index in [9.17, 15) is 9.59 Å². The number of hydrogen-bond acceptors (Lipinski definition) is 4. The number of carbonyl (C=O) groups is 2. The number of esters is 2. The Kier molecular flexibility index (Phi) is 18.4. The highest BCUT2D eigenvalue weighted by Gasteiger charge is 2.43. The van der Waals surface area contributed by atoms with Crippen LogP contribution < -0.4 is 0 Å². The predicted octanol–water partition coefficient (Wildman–Crippen LogP) is 13.5. The third-order valence-corrected chi connectivity index (χ3v) is 15.0. The summed E-state index contributed by atoms with van der Waals surface area (Å²) in [6.07, 6.45) is 22.7. The quantitative estimate of drug-likeness (QED) is 0.118. The average Bonchev–Trinajstić information content (AvgIpc) is 3.07. The Morgan fingerprint density at radius 2 is 1.04 bits per heavy atom. The van der Waals surface area contributed by atoms with Crippen LogP contribution in [-0.4, -0.2) is 25.2 Å². The fourth-order valence-electron chi connectivity index (χ4n) is 11.3. The fourth-order valence-corrected chi connectivity index (χ4v) is 11.3. The molecule has 51 heavy (non-hydrogen) atoms. The minimum Gasteiger partial charge on any atom is -0.465 e. The Balaban J connectivity index is 1.45. The first-order chi connectivity index (χ1) is 24.1. The smallest absolute Gasteiger partial charge is 0.309 e. The Labute approximate surface area is 317 Å². The van der Waals surface area contributed by atoms with Crippen molar-refractivity contribution < 1.29 is 19.1 Å². The molecule has 3 rings (SSSR count). The second-order valence-corrected chi connectivity index (χ2v) is 20.4. The van der Waals surface area contributed by atoms with Crippen LogP contribution in [0.2, 0.25) is 0 Å². The third kappa shape index (κ3) is 13.9. The summed E-state index contributed by atoms with van der Waals surface area (Å²) in [5, 5.41) is 0. The molecule has 0 radical (unpaired) electrons. The lowest BCUT2D eigenvalue weighted by Gasteiger charge is -2.45. The van der Waals surface area contributed by atoms with Crippen molar-refractivity contribution in [1.82, 2.24) is 0 Å². The number of unbranched alkanes of at least 4 members (excludes halogenated alkanes) is 2. The summed E-state index contributed by atoms with van der Waals surface area (Å²) in [4.78, 5) is 27.2. The number of carbonyl (C=O) groups excluding carboxylic acids is 2. The highest BCUT2D eigenvalue weighted by Crippen LogP contribution is 2.49. The topological polar surface area (TPSA) is 52.6 Å². The molecule has 13 unspecified atom stereocenters. The Morgan fingerprint density at radius 1 is 0.608 bits per heavy atom. The first-order valence-electron chi connectivity index (χ1n) is 22.4. The number of hydrogen-bond donors (Lipinski definition) is 0. The molecule has 0 saturated heterocycles. The summed E-state index contributed by atoms with van der Waals surface area (Å²) in [6.45, 7) is 27.5. The lowest BCUT2D eigenvalue weighted by atomic mass is 9.61. The van der Waals surface area contributed by atoms with Crippen LogP contribution >= 0.6 is 0 Å². The molecule has 3 aliphatic rings. The van der Waals surface area contributed by atoms with Crippen LogP contribution in [0.25, 0.3) is 0 Å². The van der Waals surface area contributed by atoms with Crippen molar-refractivity contribution in [3.8, 4) is 0 Å². The van der Waals surface area contributed by atoms with Gasteiger partial charge in [-0.1, -0.05) is 115 Å².